The molecule has 0 bridgehead atoms. The molecule has 2 fully saturated rings. The van der Waals surface area contributed by atoms with E-state index in [-0.39, 0.29) is 5.79 Å². The van der Waals surface area contributed by atoms with Crippen molar-refractivity contribution in [1.82, 2.24) is 9.88 Å². The van der Waals surface area contributed by atoms with E-state index in [9.17, 15) is 0 Å². The number of ether oxygens (including phenoxy) is 2. The van der Waals surface area contributed by atoms with E-state index in [2.05, 4.69) is 16.0 Å². The molecule has 22 heavy (non-hydrogen) atoms. The van der Waals surface area contributed by atoms with Crippen LogP contribution in [-0.2, 0) is 16.0 Å². The molecule has 0 saturated carbocycles. The standard InChI is InChI=1S/C17H19ClN2O2/c18-15-4-3-13-2-1-7-19-16(13)14(15)12-20-8-5-17(6-9-20)21-10-11-22-17/h1-4,7H,5-6,8-12H2. The first-order valence-corrected chi connectivity index (χ1v) is 8.16. The zero-order chi connectivity index (χ0) is 15.0. The molecule has 116 valence electrons. The molecule has 5 heteroatoms. The van der Waals surface area contributed by atoms with Crippen LogP contribution in [0.4, 0.5) is 0 Å². The van der Waals surface area contributed by atoms with E-state index in [1.165, 1.54) is 0 Å². The summed E-state index contributed by atoms with van der Waals surface area (Å²) in [7, 11) is 0. The summed E-state index contributed by atoms with van der Waals surface area (Å²) in [6.45, 7) is 4.18. The highest BCUT2D eigenvalue weighted by Gasteiger charge is 2.39. The van der Waals surface area contributed by atoms with Crippen molar-refractivity contribution >= 4 is 22.5 Å². The molecule has 2 aliphatic rings. The van der Waals surface area contributed by atoms with Gasteiger partial charge in [0.05, 0.1) is 18.7 Å². The molecule has 0 amide bonds. The third-order valence-electron chi connectivity index (χ3n) is 4.64. The average molecular weight is 319 g/mol. The lowest BCUT2D eigenvalue weighted by Gasteiger charge is -2.37. The molecule has 0 N–H and O–H groups in total. The van der Waals surface area contributed by atoms with Crippen LogP contribution in [0.1, 0.15) is 18.4 Å². The molecule has 1 aromatic heterocycles. The number of halogens is 1. The molecule has 3 heterocycles. The van der Waals surface area contributed by atoms with Gasteiger partial charge in [-0.3, -0.25) is 9.88 Å². The topological polar surface area (TPSA) is 34.6 Å². The van der Waals surface area contributed by atoms with Gasteiger partial charge < -0.3 is 9.47 Å². The molecule has 0 radical (unpaired) electrons. The Morgan fingerprint density at radius 3 is 2.68 bits per heavy atom. The normalized spacial score (nSPS) is 21.7. The highest BCUT2D eigenvalue weighted by atomic mass is 35.5. The van der Waals surface area contributed by atoms with Crippen molar-refractivity contribution in [3.05, 3.63) is 41.0 Å². The van der Waals surface area contributed by atoms with Gasteiger partial charge in [-0.25, -0.2) is 0 Å². The number of benzene rings is 1. The van der Waals surface area contributed by atoms with Crippen molar-refractivity contribution in [1.29, 1.82) is 0 Å². The van der Waals surface area contributed by atoms with E-state index in [1.54, 1.807) is 0 Å². The first-order valence-electron chi connectivity index (χ1n) is 7.78. The molecule has 4 rings (SSSR count). The lowest BCUT2D eigenvalue weighted by atomic mass is 10.0. The van der Waals surface area contributed by atoms with Crippen LogP contribution in [0.5, 0.6) is 0 Å². The number of hydrogen-bond donors (Lipinski definition) is 0. The molecule has 2 aliphatic heterocycles. The molecular formula is C17H19ClN2O2. The summed E-state index contributed by atoms with van der Waals surface area (Å²) in [6, 6.07) is 8.03. The third kappa shape index (κ3) is 2.61. The smallest absolute Gasteiger partial charge is 0.170 e. The molecule has 0 atom stereocenters. The van der Waals surface area contributed by atoms with E-state index in [4.69, 9.17) is 21.1 Å². The highest BCUT2D eigenvalue weighted by molar-refractivity contribution is 6.32. The molecule has 1 aromatic carbocycles. The fraction of sp³-hybridized carbons (Fsp3) is 0.471. The van der Waals surface area contributed by atoms with Crippen LogP contribution in [0.2, 0.25) is 5.02 Å². The first kappa shape index (κ1) is 14.4. The Bertz CT molecular complexity index is 675. The number of piperidine rings is 1. The summed E-state index contributed by atoms with van der Waals surface area (Å²) in [5.74, 6) is -0.322. The second-order valence-electron chi connectivity index (χ2n) is 5.98. The van der Waals surface area contributed by atoms with Crippen molar-refractivity contribution in [3.63, 3.8) is 0 Å². The zero-order valence-electron chi connectivity index (χ0n) is 12.4. The van der Waals surface area contributed by atoms with E-state index in [0.29, 0.717) is 0 Å². The lowest BCUT2D eigenvalue weighted by molar-refractivity contribution is -0.185. The maximum absolute atomic E-state index is 6.43. The monoisotopic (exact) mass is 318 g/mol. The number of rotatable bonds is 2. The van der Waals surface area contributed by atoms with Gasteiger partial charge in [0.25, 0.3) is 0 Å². The van der Waals surface area contributed by atoms with E-state index in [0.717, 1.165) is 67.2 Å². The predicted octanol–water partition coefficient (Wildman–Crippen LogP) is 3.23. The molecule has 0 unspecified atom stereocenters. The van der Waals surface area contributed by atoms with Crippen LogP contribution in [0.3, 0.4) is 0 Å². The maximum Gasteiger partial charge on any atom is 0.170 e. The molecule has 1 spiro atoms. The zero-order valence-corrected chi connectivity index (χ0v) is 13.2. The van der Waals surface area contributed by atoms with Gasteiger partial charge in [0, 0.05) is 54.6 Å². The average Bonchev–Trinajstić information content (AvgIpc) is 3.01. The Hall–Kier alpha value is -1.20. The van der Waals surface area contributed by atoms with E-state index >= 15 is 0 Å². The number of nitrogens with zero attached hydrogens (tertiary/aromatic N) is 2. The van der Waals surface area contributed by atoms with Gasteiger partial charge in [-0.2, -0.15) is 0 Å². The third-order valence-corrected chi connectivity index (χ3v) is 4.99. The van der Waals surface area contributed by atoms with Crippen LogP contribution in [0.25, 0.3) is 10.9 Å². The Morgan fingerprint density at radius 2 is 1.91 bits per heavy atom. The van der Waals surface area contributed by atoms with Gasteiger partial charge in [0.2, 0.25) is 0 Å². The number of hydrogen-bond acceptors (Lipinski definition) is 4. The summed E-state index contributed by atoms with van der Waals surface area (Å²) in [6.07, 6.45) is 3.67. The Balaban J connectivity index is 1.53. The largest absolute Gasteiger partial charge is 0.347 e. The van der Waals surface area contributed by atoms with E-state index in [1.807, 2.05) is 24.4 Å². The SMILES string of the molecule is Clc1ccc2cccnc2c1CN1CCC2(CC1)OCCO2. The molecule has 0 aliphatic carbocycles. The van der Waals surface area contributed by atoms with Crippen LogP contribution in [0.15, 0.2) is 30.5 Å². The second-order valence-corrected chi connectivity index (χ2v) is 6.39. The Morgan fingerprint density at radius 1 is 1.14 bits per heavy atom. The van der Waals surface area contributed by atoms with Crippen molar-refractivity contribution in [3.8, 4) is 0 Å². The van der Waals surface area contributed by atoms with Crippen LogP contribution >= 0.6 is 11.6 Å². The van der Waals surface area contributed by atoms with Gasteiger partial charge in [-0.1, -0.05) is 23.7 Å². The fourth-order valence-electron chi connectivity index (χ4n) is 3.39. The molecule has 2 saturated heterocycles. The number of likely N-dealkylation sites (tertiary alicyclic amines) is 1. The maximum atomic E-state index is 6.43. The van der Waals surface area contributed by atoms with Crippen molar-refractivity contribution in [2.24, 2.45) is 0 Å². The molecule has 2 aromatic rings. The van der Waals surface area contributed by atoms with E-state index < -0.39 is 0 Å². The van der Waals surface area contributed by atoms with Gasteiger partial charge in [0.1, 0.15) is 0 Å². The van der Waals surface area contributed by atoms with Crippen LogP contribution < -0.4 is 0 Å². The lowest BCUT2D eigenvalue weighted by Crippen LogP contribution is -2.44. The summed E-state index contributed by atoms with van der Waals surface area (Å²) in [5, 5.41) is 1.93. The van der Waals surface area contributed by atoms with Crippen molar-refractivity contribution < 1.29 is 9.47 Å². The fourth-order valence-corrected chi connectivity index (χ4v) is 3.60. The first-order chi connectivity index (χ1) is 10.8. The van der Waals surface area contributed by atoms with Gasteiger partial charge in [0.15, 0.2) is 5.79 Å². The molecule has 4 nitrogen and oxygen atoms in total. The number of pyridine rings is 1. The minimum absolute atomic E-state index is 0.322. The minimum Gasteiger partial charge on any atom is -0.347 e. The van der Waals surface area contributed by atoms with Gasteiger partial charge >= 0.3 is 0 Å². The molecular weight excluding hydrogens is 300 g/mol. The van der Waals surface area contributed by atoms with Gasteiger partial charge in [-0.05, 0) is 12.1 Å². The number of aromatic nitrogens is 1. The summed E-state index contributed by atoms with van der Waals surface area (Å²) in [5.41, 5.74) is 2.12. The van der Waals surface area contributed by atoms with Crippen LogP contribution in [0, 0.1) is 0 Å². The van der Waals surface area contributed by atoms with Crippen molar-refractivity contribution in [2.75, 3.05) is 26.3 Å². The minimum atomic E-state index is -0.322. The second kappa shape index (κ2) is 5.78. The highest BCUT2D eigenvalue weighted by Crippen LogP contribution is 2.33. The van der Waals surface area contributed by atoms with Gasteiger partial charge in [-0.15, -0.1) is 0 Å². The van der Waals surface area contributed by atoms with Crippen LogP contribution in [-0.4, -0.2) is 42.0 Å². The summed E-state index contributed by atoms with van der Waals surface area (Å²) >= 11 is 6.43. The Kier molecular flexibility index (Phi) is 3.78. The van der Waals surface area contributed by atoms with Crippen molar-refractivity contribution in [2.45, 2.75) is 25.2 Å². The summed E-state index contributed by atoms with van der Waals surface area (Å²) in [4.78, 5) is 6.93. The summed E-state index contributed by atoms with van der Waals surface area (Å²) < 4.78 is 11.6. The predicted molar refractivity (Wildman–Crippen MR) is 85.9 cm³/mol. The quantitative estimate of drug-likeness (QED) is 0.851. The number of fused-ring (bicyclic) bond motifs is 1. The Labute approximate surface area is 135 Å².